The predicted molar refractivity (Wildman–Crippen MR) is 88.6 cm³/mol. The van der Waals surface area contributed by atoms with Gasteiger partial charge in [-0.25, -0.2) is 9.67 Å². The summed E-state index contributed by atoms with van der Waals surface area (Å²) in [5.41, 5.74) is 3.32. The molecule has 0 saturated heterocycles. The Kier molecular flexibility index (Phi) is 2.66. The maximum absolute atomic E-state index is 4.57. The monoisotopic (exact) mass is 313 g/mol. The van der Waals surface area contributed by atoms with Crippen LogP contribution in [0.3, 0.4) is 0 Å². The van der Waals surface area contributed by atoms with E-state index in [9.17, 15) is 0 Å². The molecule has 0 aliphatic rings. The summed E-state index contributed by atoms with van der Waals surface area (Å²) in [4.78, 5) is 8.70. The number of aromatic nitrogens is 7. The van der Waals surface area contributed by atoms with Gasteiger partial charge in [0.1, 0.15) is 6.33 Å². The van der Waals surface area contributed by atoms with E-state index >= 15 is 0 Å². The van der Waals surface area contributed by atoms with Gasteiger partial charge in [0.2, 0.25) is 0 Å². The molecule has 0 aliphatic carbocycles. The minimum Gasteiger partial charge on any atom is -0.264 e. The Morgan fingerprint density at radius 2 is 1.75 bits per heavy atom. The normalized spacial score (nSPS) is 11.3. The first-order valence-electron chi connectivity index (χ1n) is 7.45. The lowest BCUT2D eigenvalue weighted by Gasteiger charge is -2.03. The highest BCUT2D eigenvalue weighted by atomic mass is 15.3. The minimum absolute atomic E-state index is 0.708. The maximum Gasteiger partial charge on any atom is 0.175 e. The topological polar surface area (TPSA) is 73.8 Å². The van der Waals surface area contributed by atoms with Crippen molar-refractivity contribution in [2.75, 3.05) is 0 Å². The van der Waals surface area contributed by atoms with Gasteiger partial charge in [0, 0.05) is 18.0 Å². The molecule has 7 nitrogen and oxygen atoms in total. The lowest BCUT2D eigenvalue weighted by Crippen LogP contribution is -1.98. The van der Waals surface area contributed by atoms with Gasteiger partial charge < -0.3 is 0 Å². The van der Waals surface area contributed by atoms with Crippen molar-refractivity contribution in [2.24, 2.45) is 0 Å². The SMILES string of the molecule is c1ccc(-n2ncc3c2ncn2c(-c4cccnc4)nnc32)cc1. The second-order valence-corrected chi connectivity index (χ2v) is 5.33. The van der Waals surface area contributed by atoms with Crippen molar-refractivity contribution >= 4 is 16.7 Å². The smallest absolute Gasteiger partial charge is 0.175 e. The summed E-state index contributed by atoms with van der Waals surface area (Å²) >= 11 is 0. The first-order valence-corrected chi connectivity index (χ1v) is 7.45. The van der Waals surface area contributed by atoms with E-state index in [1.54, 1.807) is 29.6 Å². The van der Waals surface area contributed by atoms with Gasteiger partial charge in [-0.15, -0.1) is 10.2 Å². The van der Waals surface area contributed by atoms with Gasteiger partial charge in [0.15, 0.2) is 17.1 Å². The van der Waals surface area contributed by atoms with E-state index in [-0.39, 0.29) is 0 Å². The molecule has 114 valence electrons. The fraction of sp³-hybridized carbons (Fsp3) is 0. The van der Waals surface area contributed by atoms with Crippen molar-refractivity contribution < 1.29 is 0 Å². The van der Waals surface area contributed by atoms with Gasteiger partial charge in [0.25, 0.3) is 0 Å². The number of hydrogen-bond acceptors (Lipinski definition) is 5. The lowest BCUT2D eigenvalue weighted by atomic mass is 10.3. The molecule has 0 N–H and O–H groups in total. The van der Waals surface area contributed by atoms with E-state index in [0.29, 0.717) is 5.82 Å². The second-order valence-electron chi connectivity index (χ2n) is 5.33. The Hall–Kier alpha value is -3.61. The molecule has 0 amide bonds. The molecule has 24 heavy (non-hydrogen) atoms. The van der Waals surface area contributed by atoms with Gasteiger partial charge in [-0.3, -0.25) is 9.38 Å². The van der Waals surface area contributed by atoms with Crippen LogP contribution in [-0.4, -0.2) is 34.3 Å². The molecule has 4 heterocycles. The van der Waals surface area contributed by atoms with E-state index < -0.39 is 0 Å². The van der Waals surface area contributed by atoms with Crippen LogP contribution in [0.5, 0.6) is 0 Å². The van der Waals surface area contributed by atoms with Crippen molar-refractivity contribution in [2.45, 2.75) is 0 Å². The Balaban J connectivity index is 1.76. The van der Waals surface area contributed by atoms with Crippen molar-refractivity contribution in [1.82, 2.24) is 34.3 Å². The van der Waals surface area contributed by atoms with Crippen LogP contribution in [0.15, 0.2) is 67.4 Å². The Morgan fingerprint density at radius 1 is 0.833 bits per heavy atom. The predicted octanol–water partition coefficient (Wildman–Crippen LogP) is 2.53. The van der Waals surface area contributed by atoms with E-state index in [2.05, 4.69) is 25.3 Å². The summed E-state index contributed by atoms with van der Waals surface area (Å²) in [6.07, 6.45) is 6.98. The average molecular weight is 313 g/mol. The molecule has 4 aromatic heterocycles. The molecular weight excluding hydrogens is 302 g/mol. The molecule has 5 rings (SSSR count). The summed E-state index contributed by atoms with van der Waals surface area (Å²) in [5.74, 6) is 0.708. The number of fused-ring (bicyclic) bond motifs is 3. The van der Waals surface area contributed by atoms with Gasteiger partial charge in [-0.2, -0.15) is 5.10 Å². The van der Waals surface area contributed by atoms with Gasteiger partial charge in [0.05, 0.1) is 17.3 Å². The number of para-hydroxylation sites is 1. The summed E-state index contributed by atoms with van der Waals surface area (Å²) in [6.45, 7) is 0. The zero-order valence-electron chi connectivity index (χ0n) is 12.5. The molecule has 0 unspecified atom stereocenters. The van der Waals surface area contributed by atoms with Crippen LogP contribution >= 0.6 is 0 Å². The molecule has 0 atom stereocenters. The second kappa shape index (κ2) is 4.95. The van der Waals surface area contributed by atoms with Crippen molar-refractivity contribution in [3.63, 3.8) is 0 Å². The molecular formula is C17H11N7. The first-order chi connectivity index (χ1) is 11.9. The molecule has 0 spiro atoms. The molecule has 5 aromatic rings. The Labute approximate surface area is 136 Å². The largest absolute Gasteiger partial charge is 0.264 e. The third-order valence-corrected chi connectivity index (χ3v) is 3.90. The van der Waals surface area contributed by atoms with Crippen LogP contribution in [0.25, 0.3) is 33.8 Å². The minimum atomic E-state index is 0.708. The van der Waals surface area contributed by atoms with E-state index in [0.717, 1.165) is 27.9 Å². The number of hydrogen-bond donors (Lipinski definition) is 0. The zero-order chi connectivity index (χ0) is 15.9. The molecule has 0 aliphatic heterocycles. The molecule has 1 aromatic carbocycles. The van der Waals surface area contributed by atoms with Gasteiger partial charge in [-0.1, -0.05) is 18.2 Å². The number of benzene rings is 1. The van der Waals surface area contributed by atoms with Crippen LogP contribution in [0.2, 0.25) is 0 Å². The molecule has 0 saturated carbocycles. The van der Waals surface area contributed by atoms with Crippen LogP contribution < -0.4 is 0 Å². The van der Waals surface area contributed by atoms with Crippen LogP contribution in [0.4, 0.5) is 0 Å². The molecule has 0 radical (unpaired) electrons. The molecule has 7 heteroatoms. The first kappa shape index (κ1) is 12.9. The maximum atomic E-state index is 4.57. The number of pyridine rings is 1. The van der Waals surface area contributed by atoms with Crippen molar-refractivity contribution in [3.8, 4) is 17.1 Å². The summed E-state index contributed by atoms with van der Waals surface area (Å²) in [6, 6.07) is 13.7. The van der Waals surface area contributed by atoms with Crippen LogP contribution in [0, 0.1) is 0 Å². The summed E-state index contributed by atoms with van der Waals surface area (Å²) in [5, 5.41) is 13.9. The highest BCUT2D eigenvalue weighted by Gasteiger charge is 2.15. The third-order valence-electron chi connectivity index (χ3n) is 3.90. The average Bonchev–Trinajstić information content (AvgIpc) is 3.27. The third kappa shape index (κ3) is 1.81. The fourth-order valence-corrected chi connectivity index (χ4v) is 2.77. The van der Waals surface area contributed by atoms with Crippen molar-refractivity contribution in [3.05, 3.63) is 67.4 Å². The zero-order valence-corrected chi connectivity index (χ0v) is 12.5. The number of nitrogens with zero attached hydrogens (tertiary/aromatic N) is 7. The molecule has 0 bridgehead atoms. The lowest BCUT2D eigenvalue weighted by molar-refractivity contribution is 0.893. The fourth-order valence-electron chi connectivity index (χ4n) is 2.77. The number of rotatable bonds is 2. The van der Waals surface area contributed by atoms with E-state index in [1.165, 1.54) is 0 Å². The van der Waals surface area contributed by atoms with E-state index in [1.807, 2.05) is 46.9 Å². The highest BCUT2D eigenvalue weighted by Crippen LogP contribution is 2.23. The van der Waals surface area contributed by atoms with Crippen LogP contribution in [-0.2, 0) is 0 Å². The van der Waals surface area contributed by atoms with Gasteiger partial charge >= 0.3 is 0 Å². The van der Waals surface area contributed by atoms with Gasteiger partial charge in [-0.05, 0) is 24.3 Å². The summed E-state index contributed by atoms with van der Waals surface area (Å²) < 4.78 is 3.66. The van der Waals surface area contributed by atoms with Crippen LogP contribution in [0.1, 0.15) is 0 Å². The highest BCUT2D eigenvalue weighted by molar-refractivity contribution is 5.90. The Bertz CT molecular complexity index is 1050. The van der Waals surface area contributed by atoms with E-state index in [4.69, 9.17) is 0 Å². The summed E-state index contributed by atoms with van der Waals surface area (Å²) in [7, 11) is 0. The van der Waals surface area contributed by atoms with Crippen molar-refractivity contribution in [1.29, 1.82) is 0 Å². The standard InChI is InChI=1S/C17H11N7/c1-2-6-13(7-3-1)24-16-14(10-20-24)17-22-21-15(23(17)11-19-16)12-5-4-8-18-9-12/h1-11H. The molecule has 0 fully saturated rings. The Morgan fingerprint density at radius 3 is 2.58 bits per heavy atom. The quantitative estimate of drug-likeness (QED) is 0.500.